The van der Waals surface area contributed by atoms with Crippen molar-refractivity contribution in [3.8, 4) is 0 Å². The van der Waals surface area contributed by atoms with Gasteiger partial charge in [-0.15, -0.1) is 0 Å². The van der Waals surface area contributed by atoms with Crippen molar-refractivity contribution in [2.75, 3.05) is 32.0 Å². The molecule has 2 aliphatic heterocycles. The summed E-state index contributed by atoms with van der Waals surface area (Å²) in [6.45, 7) is 13.6. The van der Waals surface area contributed by atoms with Gasteiger partial charge in [0.2, 0.25) is 0 Å². The van der Waals surface area contributed by atoms with Crippen LogP contribution in [0.2, 0.25) is 0 Å². The second-order valence-electron chi connectivity index (χ2n) is 14.8. The molecule has 0 aliphatic carbocycles. The number of pyridine rings is 1. The number of hydrogen-bond acceptors (Lipinski definition) is 7. The molecule has 248 valence electrons. The second-order valence-corrected chi connectivity index (χ2v) is 14.8. The highest BCUT2D eigenvalue weighted by atomic mass is 16.6. The minimum absolute atomic E-state index is 0.0986. The minimum Gasteiger partial charge on any atom is -0.444 e. The highest BCUT2D eigenvalue weighted by Gasteiger charge is 2.31. The molecular weight excluding hydrogens is 582 g/mol. The van der Waals surface area contributed by atoms with E-state index in [0.717, 1.165) is 69.2 Å². The zero-order valence-electron chi connectivity index (χ0n) is 28.4. The van der Waals surface area contributed by atoms with Crippen LogP contribution in [0.5, 0.6) is 0 Å². The van der Waals surface area contributed by atoms with Gasteiger partial charge in [-0.2, -0.15) is 0 Å². The average molecular weight is 632 g/mol. The minimum atomic E-state index is -0.651. The maximum Gasteiger partial charge on any atom is 0.419 e. The van der Waals surface area contributed by atoms with Gasteiger partial charge in [0, 0.05) is 42.0 Å². The maximum atomic E-state index is 13.4. The number of carbonyl (C=O) groups is 3. The number of nitrogens with one attached hydrogen (secondary N) is 1. The van der Waals surface area contributed by atoms with E-state index in [2.05, 4.69) is 22.2 Å². The number of anilines is 1. The summed E-state index contributed by atoms with van der Waals surface area (Å²) in [5, 5.41) is 3.73. The van der Waals surface area contributed by atoms with Gasteiger partial charge in [0.15, 0.2) is 0 Å². The lowest BCUT2D eigenvalue weighted by Gasteiger charge is -2.33. The van der Waals surface area contributed by atoms with Crippen molar-refractivity contribution in [2.45, 2.75) is 97.3 Å². The number of ether oxygens (including phenoxy) is 2. The Bertz CT molecular complexity index is 1560. The fourth-order valence-electron chi connectivity index (χ4n) is 6.34. The Morgan fingerprint density at radius 2 is 1.54 bits per heavy atom. The molecule has 0 spiro atoms. The first-order valence-corrected chi connectivity index (χ1v) is 16.5. The normalized spacial score (nSPS) is 18.2. The van der Waals surface area contributed by atoms with Crippen molar-refractivity contribution in [2.24, 2.45) is 5.92 Å². The van der Waals surface area contributed by atoms with Crippen LogP contribution in [0.4, 0.5) is 15.4 Å². The van der Waals surface area contributed by atoms with Crippen LogP contribution in [0.15, 0.2) is 42.6 Å². The lowest BCUT2D eigenvalue weighted by atomic mass is 9.90. The molecule has 46 heavy (non-hydrogen) atoms. The molecule has 0 bridgehead atoms. The van der Waals surface area contributed by atoms with E-state index in [9.17, 15) is 14.4 Å². The van der Waals surface area contributed by atoms with Crippen LogP contribution in [0.1, 0.15) is 101 Å². The van der Waals surface area contributed by atoms with E-state index < -0.39 is 17.3 Å². The van der Waals surface area contributed by atoms with Gasteiger partial charge in [0.1, 0.15) is 17.0 Å². The van der Waals surface area contributed by atoms with E-state index in [1.165, 1.54) is 5.56 Å². The lowest BCUT2D eigenvalue weighted by molar-refractivity contribution is 0.0181. The summed E-state index contributed by atoms with van der Waals surface area (Å²) in [5.74, 6) is 0.657. The molecule has 0 radical (unpaired) electrons. The van der Waals surface area contributed by atoms with Crippen LogP contribution in [0, 0.1) is 5.92 Å². The topological polar surface area (TPSA) is 106 Å². The predicted octanol–water partition coefficient (Wildman–Crippen LogP) is 7.42. The van der Waals surface area contributed by atoms with E-state index in [0.29, 0.717) is 22.8 Å². The van der Waals surface area contributed by atoms with Gasteiger partial charge in [-0.1, -0.05) is 12.1 Å². The lowest BCUT2D eigenvalue weighted by Crippen LogP contribution is -2.41. The van der Waals surface area contributed by atoms with Crippen LogP contribution < -0.4 is 5.32 Å². The van der Waals surface area contributed by atoms with Crippen LogP contribution in [0.3, 0.4) is 0 Å². The number of piperidine rings is 1. The smallest absolute Gasteiger partial charge is 0.419 e. The number of aryl methyl sites for hydroxylation is 1. The molecule has 1 atom stereocenters. The number of hydrogen-bond donors (Lipinski definition) is 1. The third kappa shape index (κ3) is 8.26. The number of carbonyl (C=O) groups excluding carboxylic acids is 3. The monoisotopic (exact) mass is 631 g/mol. The molecule has 2 aliphatic rings. The summed E-state index contributed by atoms with van der Waals surface area (Å²) in [6, 6.07) is 11.5. The molecule has 3 aromatic rings. The van der Waals surface area contributed by atoms with E-state index in [1.54, 1.807) is 16.8 Å². The van der Waals surface area contributed by atoms with Gasteiger partial charge in [-0.3, -0.25) is 9.69 Å². The SMILES string of the molecule is CN1CCC[C@@H]1c1cc2cnc(NC(=O)c3ccc(CCC4CCN(C(=O)OC(C)(C)C)CC4)cc3)cc2n1C(=O)OC(C)(C)C. The van der Waals surface area contributed by atoms with Crippen LogP contribution >= 0.6 is 0 Å². The molecular formula is C36H49N5O5. The van der Waals surface area contributed by atoms with Gasteiger partial charge in [0.25, 0.3) is 5.91 Å². The molecule has 10 nitrogen and oxygen atoms in total. The molecule has 5 rings (SSSR count). The van der Waals surface area contributed by atoms with E-state index >= 15 is 0 Å². The summed E-state index contributed by atoms with van der Waals surface area (Å²) in [5.41, 5.74) is 2.10. The van der Waals surface area contributed by atoms with Crippen LogP contribution in [-0.2, 0) is 15.9 Å². The van der Waals surface area contributed by atoms with Crippen molar-refractivity contribution >= 4 is 34.8 Å². The Hall–Kier alpha value is -3.92. The molecule has 10 heteroatoms. The number of benzene rings is 1. The van der Waals surface area contributed by atoms with E-state index in [-0.39, 0.29) is 18.0 Å². The highest BCUT2D eigenvalue weighted by Crippen LogP contribution is 2.35. The van der Waals surface area contributed by atoms with Gasteiger partial charge >= 0.3 is 12.2 Å². The summed E-state index contributed by atoms with van der Waals surface area (Å²) in [4.78, 5) is 47.6. The van der Waals surface area contributed by atoms with Gasteiger partial charge in [-0.25, -0.2) is 19.1 Å². The van der Waals surface area contributed by atoms with Crippen molar-refractivity contribution in [3.63, 3.8) is 0 Å². The fourth-order valence-corrected chi connectivity index (χ4v) is 6.34. The van der Waals surface area contributed by atoms with E-state index in [1.807, 2.05) is 76.8 Å². The Balaban J connectivity index is 1.21. The first-order chi connectivity index (χ1) is 21.7. The number of fused-ring (bicyclic) bond motifs is 1. The van der Waals surface area contributed by atoms with Crippen LogP contribution in [0.25, 0.3) is 10.9 Å². The van der Waals surface area contributed by atoms with Crippen molar-refractivity contribution < 1.29 is 23.9 Å². The molecule has 2 amide bonds. The summed E-state index contributed by atoms with van der Waals surface area (Å²) in [7, 11) is 2.07. The predicted molar refractivity (Wildman–Crippen MR) is 179 cm³/mol. The van der Waals surface area contributed by atoms with Gasteiger partial charge in [0.05, 0.1) is 11.6 Å². The number of aromatic nitrogens is 2. The largest absolute Gasteiger partial charge is 0.444 e. The number of likely N-dealkylation sites (tertiary alicyclic amines) is 2. The van der Waals surface area contributed by atoms with Crippen LogP contribution in [-0.4, -0.2) is 75.3 Å². The first kappa shape index (κ1) is 33.4. The molecule has 1 N–H and O–H groups in total. The fraction of sp³-hybridized carbons (Fsp3) is 0.556. The summed E-state index contributed by atoms with van der Waals surface area (Å²) >= 11 is 0. The maximum absolute atomic E-state index is 13.4. The quantitative estimate of drug-likeness (QED) is 0.302. The zero-order valence-corrected chi connectivity index (χ0v) is 28.4. The van der Waals surface area contributed by atoms with Gasteiger partial charge < -0.3 is 19.7 Å². The Labute approximate surface area is 272 Å². The zero-order chi connectivity index (χ0) is 33.2. The Morgan fingerprint density at radius 1 is 0.891 bits per heavy atom. The third-order valence-corrected chi connectivity index (χ3v) is 8.72. The Morgan fingerprint density at radius 3 is 2.15 bits per heavy atom. The molecule has 4 heterocycles. The van der Waals surface area contributed by atoms with Gasteiger partial charge in [-0.05, 0) is 123 Å². The highest BCUT2D eigenvalue weighted by molar-refractivity contribution is 6.04. The van der Waals surface area contributed by atoms with Crippen molar-refractivity contribution in [1.29, 1.82) is 0 Å². The molecule has 0 saturated carbocycles. The summed E-state index contributed by atoms with van der Waals surface area (Å²) in [6.07, 6.45) is 6.93. The standard InChI is InChI=1S/C36H49N5O5/c1-35(2,3)45-33(43)40-19-16-25(17-20-40)11-10-24-12-14-26(15-13-24)32(42)38-31-22-29-27(23-37-31)21-30(28-9-8-18-39(28)7)41(29)34(44)46-36(4,5)6/h12-15,21-23,25,28H,8-11,16-20H2,1-7H3,(H,37,38,42)/t28-/m1/s1. The van der Waals surface area contributed by atoms with Crippen molar-refractivity contribution in [1.82, 2.24) is 19.4 Å². The molecule has 1 aromatic carbocycles. The van der Waals surface area contributed by atoms with E-state index in [4.69, 9.17) is 9.47 Å². The molecule has 2 fully saturated rings. The third-order valence-electron chi connectivity index (χ3n) is 8.72. The average Bonchev–Trinajstić information content (AvgIpc) is 3.57. The number of nitrogens with zero attached hydrogens (tertiary/aromatic N) is 4. The van der Waals surface area contributed by atoms with Crippen molar-refractivity contribution in [3.05, 3.63) is 59.4 Å². The Kier molecular flexibility index (Phi) is 9.77. The summed E-state index contributed by atoms with van der Waals surface area (Å²) < 4.78 is 12.9. The molecule has 2 aromatic heterocycles. The second kappa shape index (κ2) is 13.4. The molecule has 2 saturated heterocycles. The number of amides is 2. The number of rotatable bonds is 6. The molecule has 0 unspecified atom stereocenters. The first-order valence-electron chi connectivity index (χ1n) is 16.5.